The highest BCUT2D eigenvalue weighted by molar-refractivity contribution is 5.78. The summed E-state index contributed by atoms with van der Waals surface area (Å²) in [5.41, 5.74) is 2.77. The number of hydrogen-bond acceptors (Lipinski definition) is 22. The topological polar surface area (TPSA) is 462 Å². The van der Waals surface area contributed by atoms with Gasteiger partial charge in [-0.1, -0.05) is 47.6 Å². The number of aliphatic carboxylic acids is 1. The average molecular weight is 903 g/mol. The molecule has 0 aliphatic heterocycles. The van der Waals surface area contributed by atoms with E-state index < -0.39 is 139 Å². The minimum absolute atomic E-state index is 0.195. The second kappa shape index (κ2) is 36.1. The van der Waals surface area contributed by atoms with Gasteiger partial charge in [0.05, 0.1) is 72.0 Å². The number of phenols is 1. The lowest BCUT2D eigenvalue weighted by atomic mass is 9.73. The van der Waals surface area contributed by atoms with E-state index in [0.717, 1.165) is 22.3 Å². The standard InChI is InChI=1S/C18H28O3.5C4H10O4/c1-10-9-12(17(3,4)5)15(19)14(18(6,7)8)13(10)11(2)16(20)21;5*5-1-3(7)4(8)2-6/h9,11,19H,1-8H3,(H,20,21);5*3-8H,1-2H2/t;5*3-,4+. The first-order valence-corrected chi connectivity index (χ1v) is 18.9. The molecule has 23 heteroatoms. The molecule has 0 aromatic heterocycles. The summed E-state index contributed by atoms with van der Waals surface area (Å²) in [7, 11) is 0. The summed E-state index contributed by atoms with van der Waals surface area (Å²) in [5.74, 6) is -1.27. The lowest BCUT2D eigenvalue weighted by Crippen LogP contribution is -2.31. The van der Waals surface area contributed by atoms with Gasteiger partial charge in [-0.3, -0.25) is 4.79 Å². The Hall–Kier alpha value is -2.31. The summed E-state index contributed by atoms with van der Waals surface area (Å²) in [6.07, 6.45) is -12.2. The fourth-order valence-corrected chi connectivity index (χ4v) is 4.05. The summed E-state index contributed by atoms with van der Waals surface area (Å²) in [4.78, 5) is 11.4. The number of hydrogen-bond donors (Lipinski definition) is 22. The molecule has 1 rings (SSSR count). The maximum atomic E-state index is 11.4. The van der Waals surface area contributed by atoms with Gasteiger partial charge in [0.25, 0.3) is 0 Å². The van der Waals surface area contributed by atoms with Crippen molar-refractivity contribution in [2.45, 2.75) is 133 Å². The van der Waals surface area contributed by atoms with Gasteiger partial charge >= 0.3 is 5.97 Å². The Bertz CT molecular complexity index is 1080. The maximum Gasteiger partial charge on any atom is 0.310 e. The highest BCUT2D eigenvalue weighted by Crippen LogP contribution is 2.44. The van der Waals surface area contributed by atoms with Crippen LogP contribution in [-0.2, 0) is 15.6 Å². The maximum absolute atomic E-state index is 11.4. The zero-order valence-electron chi connectivity index (χ0n) is 36.2. The molecule has 0 aliphatic rings. The summed E-state index contributed by atoms with van der Waals surface area (Å²) in [6.45, 7) is 10.5. The van der Waals surface area contributed by atoms with Crippen LogP contribution in [0.5, 0.6) is 5.75 Å². The normalized spacial score (nSPS) is 16.7. The molecule has 0 spiro atoms. The van der Waals surface area contributed by atoms with Crippen LogP contribution in [0.15, 0.2) is 6.07 Å². The molecule has 22 N–H and O–H groups in total. The van der Waals surface area contributed by atoms with Crippen LogP contribution in [-0.4, -0.2) is 245 Å². The van der Waals surface area contributed by atoms with E-state index in [1.54, 1.807) is 6.92 Å². The van der Waals surface area contributed by atoms with Gasteiger partial charge in [0.15, 0.2) is 0 Å². The summed E-state index contributed by atoms with van der Waals surface area (Å²) in [6, 6.07) is 1.93. The Balaban J connectivity index is -0.000000221. The Labute approximate surface area is 356 Å². The van der Waals surface area contributed by atoms with Crippen molar-refractivity contribution < 1.29 is 117 Å². The van der Waals surface area contributed by atoms with Crippen molar-refractivity contribution in [3.05, 3.63) is 28.3 Å². The number of aliphatic hydroxyl groups excluding tert-OH is 20. The highest BCUT2D eigenvalue weighted by Gasteiger charge is 2.33. The first-order valence-electron chi connectivity index (χ1n) is 18.9. The van der Waals surface area contributed by atoms with E-state index in [0.29, 0.717) is 0 Å². The third-order valence-electron chi connectivity index (χ3n) is 8.00. The minimum atomic E-state index is -1.22. The van der Waals surface area contributed by atoms with Crippen LogP contribution in [0.1, 0.15) is 76.6 Å². The number of aromatic hydroxyl groups is 1. The van der Waals surface area contributed by atoms with Gasteiger partial charge in [-0.25, -0.2) is 0 Å². The zero-order chi connectivity index (χ0) is 49.6. The van der Waals surface area contributed by atoms with Gasteiger partial charge in [0.2, 0.25) is 0 Å². The van der Waals surface area contributed by atoms with E-state index in [1.165, 1.54) is 0 Å². The zero-order valence-corrected chi connectivity index (χ0v) is 36.2. The van der Waals surface area contributed by atoms with Gasteiger partial charge in [0, 0.05) is 5.56 Å². The lowest BCUT2D eigenvalue weighted by molar-refractivity contribution is -0.138. The third-order valence-corrected chi connectivity index (χ3v) is 8.00. The number of aryl methyl sites for hydroxylation is 1. The number of benzene rings is 1. The first-order chi connectivity index (χ1) is 27.9. The Kier molecular flexibility index (Phi) is 40.1. The molecular formula is C38H78O23. The number of rotatable bonds is 17. The van der Waals surface area contributed by atoms with E-state index >= 15 is 0 Å². The fourth-order valence-electron chi connectivity index (χ4n) is 4.05. The molecule has 0 radical (unpaired) electrons. The third kappa shape index (κ3) is 29.6. The molecule has 0 saturated heterocycles. The number of carbonyl (C=O) groups is 1. The molecule has 0 saturated carbocycles. The molecular weight excluding hydrogens is 824 g/mol. The molecule has 1 unspecified atom stereocenters. The van der Waals surface area contributed by atoms with E-state index in [2.05, 4.69) is 0 Å². The van der Waals surface area contributed by atoms with E-state index in [-0.39, 0.29) is 16.6 Å². The second-order valence-corrected chi connectivity index (χ2v) is 15.4. The largest absolute Gasteiger partial charge is 0.507 e. The number of phenolic OH excluding ortho intramolecular Hbond substituents is 1. The van der Waals surface area contributed by atoms with Gasteiger partial charge < -0.3 is 112 Å². The predicted molar refractivity (Wildman–Crippen MR) is 217 cm³/mol. The molecule has 1 aromatic rings. The average Bonchev–Trinajstić information content (AvgIpc) is 3.23. The second-order valence-electron chi connectivity index (χ2n) is 15.4. The van der Waals surface area contributed by atoms with Crippen molar-refractivity contribution in [3.8, 4) is 5.75 Å². The van der Waals surface area contributed by atoms with Gasteiger partial charge in [0.1, 0.15) is 66.8 Å². The predicted octanol–water partition coefficient (Wildman–Crippen LogP) is -7.05. The molecule has 0 bridgehead atoms. The van der Waals surface area contributed by atoms with Gasteiger partial charge in [-0.05, 0) is 41.4 Å². The van der Waals surface area contributed by atoms with Crippen LogP contribution < -0.4 is 0 Å². The van der Waals surface area contributed by atoms with Crippen molar-refractivity contribution in [1.29, 1.82) is 0 Å². The molecule has 368 valence electrons. The van der Waals surface area contributed by atoms with Crippen molar-refractivity contribution >= 4 is 5.97 Å². The van der Waals surface area contributed by atoms with Crippen molar-refractivity contribution in [2.24, 2.45) is 0 Å². The first kappa shape index (κ1) is 67.8. The van der Waals surface area contributed by atoms with Gasteiger partial charge in [-0.15, -0.1) is 0 Å². The number of aliphatic hydroxyl groups is 20. The summed E-state index contributed by atoms with van der Waals surface area (Å²) < 4.78 is 0. The fraction of sp³-hybridized carbons (Fsp3) is 0.816. The van der Waals surface area contributed by atoms with Crippen molar-refractivity contribution in [3.63, 3.8) is 0 Å². The molecule has 61 heavy (non-hydrogen) atoms. The number of carboxylic acid groups (broad SMARTS) is 1. The minimum Gasteiger partial charge on any atom is -0.507 e. The molecule has 11 atom stereocenters. The van der Waals surface area contributed by atoms with E-state index in [9.17, 15) is 15.0 Å². The Morgan fingerprint density at radius 3 is 0.787 bits per heavy atom. The molecule has 0 fully saturated rings. The Morgan fingerprint density at radius 1 is 0.459 bits per heavy atom. The molecule has 0 aliphatic carbocycles. The summed E-state index contributed by atoms with van der Waals surface area (Å²) in [5, 5.41) is 186. The van der Waals surface area contributed by atoms with Crippen molar-refractivity contribution in [2.75, 3.05) is 66.1 Å². The van der Waals surface area contributed by atoms with Gasteiger partial charge in [-0.2, -0.15) is 0 Å². The lowest BCUT2D eigenvalue weighted by Gasteiger charge is -2.32. The van der Waals surface area contributed by atoms with Crippen LogP contribution in [0.2, 0.25) is 0 Å². The highest BCUT2D eigenvalue weighted by atomic mass is 16.4. The molecule has 0 amide bonds. The van der Waals surface area contributed by atoms with Crippen molar-refractivity contribution in [1.82, 2.24) is 0 Å². The molecule has 23 nitrogen and oxygen atoms in total. The molecule has 1 aromatic carbocycles. The van der Waals surface area contributed by atoms with Crippen LogP contribution >= 0.6 is 0 Å². The van der Waals surface area contributed by atoms with Crippen LogP contribution in [0.4, 0.5) is 0 Å². The SMILES string of the molecule is Cc1cc(C(C)(C)C)c(O)c(C(C)(C)C)c1C(C)C(=O)O.OC[C@@H](O)[C@@H](O)CO.OC[C@@H](O)[C@@H](O)CO.OC[C@@H](O)[C@@H](O)CO.OC[C@@H](O)[C@@H](O)CO.OC[C@@H](O)[C@@H](O)CO. The van der Waals surface area contributed by atoms with Crippen LogP contribution in [0.3, 0.4) is 0 Å². The smallest absolute Gasteiger partial charge is 0.310 e. The molecule has 0 heterocycles. The Morgan fingerprint density at radius 2 is 0.656 bits per heavy atom. The van der Waals surface area contributed by atoms with Crippen LogP contribution in [0, 0.1) is 6.92 Å². The monoisotopic (exact) mass is 902 g/mol. The quantitative estimate of drug-likeness (QED) is 0.0690. The summed E-state index contributed by atoms with van der Waals surface area (Å²) >= 11 is 0. The number of carboxylic acids is 1. The van der Waals surface area contributed by atoms with E-state index in [4.69, 9.17) is 102 Å². The van der Waals surface area contributed by atoms with Crippen LogP contribution in [0.25, 0.3) is 0 Å². The van der Waals surface area contributed by atoms with E-state index in [1.807, 2.05) is 54.5 Å².